The van der Waals surface area contributed by atoms with Crippen molar-refractivity contribution in [3.63, 3.8) is 0 Å². The van der Waals surface area contributed by atoms with Crippen LogP contribution in [0, 0.1) is 17.0 Å². The number of aryl methyl sites for hydroxylation is 2. The Hall–Kier alpha value is -1.03. The van der Waals surface area contributed by atoms with Crippen molar-refractivity contribution in [1.82, 2.24) is 0 Å². The van der Waals surface area contributed by atoms with Crippen LogP contribution in [0.3, 0.4) is 0 Å². The molecule has 4 heteroatoms. The molecule has 0 saturated carbocycles. The molecule has 0 fully saturated rings. The Morgan fingerprint density at radius 3 is 2.77 bits per heavy atom. The number of hydrogen-bond donors (Lipinski definition) is 1. The monoisotopic (exact) mass is 197 g/mol. The molecular weight excluding hydrogens is 186 g/mol. The van der Waals surface area contributed by atoms with E-state index >= 15 is 0 Å². The average molecular weight is 197 g/mol. The Kier molecular flexibility index (Phi) is 3.31. The van der Waals surface area contributed by atoms with Crippen LogP contribution >= 0.6 is 12.6 Å². The molecule has 0 amide bonds. The van der Waals surface area contributed by atoms with Crippen LogP contribution in [-0.4, -0.2) is 10.7 Å². The summed E-state index contributed by atoms with van der Waals surface area (Å²) < 4.78 is 0. The third kappa shape index (κ3) is 2.45. The first-order valence-electron chi connectivity index (χ1n) is 4.00. The highest BCUT2D eigenvalue weighted by Crippen LogP contribution is 2.20. The van der Waals surface area contributed by atoms with Gasteiger partial charge in [-0.2, -0.15) is 12.6 Å². The minimum absolute atomic E-state index is 0.194. The van der Waals surface area contributed by atoms with Crippen molar-refractivity contribution in [2.24, 2.45) is 0 Å². The van der Waals surface area contributed by atoms with Crippen molar-refractivity contribution in [3.05, 3.63) is 39.4 Å². The number of nitrogens with zero attached hydrogens (tertiary/aromatic N) is 1. The van der Waals surface area contributed by atoms with E-state index in [1.165, 1.54) is 0 Å². The van der Waals surface area contributed by atoms with Gasteiger partial charge < -0.3 is 0 Å². The predicted octanol–water partition coefficient (Wildman–Crippen LogP) is 2.38. The van der Waals surface area contributed by atoms with Gasteiger partial charge in [-0.3, -0.25) is 10.1 Å². The van der Waals surface area contributed by atoms with Gasteiger partial charge in [-0.05, 0) is 25.2 Å². The number of hydrogen-bond acceptors (Lipinski definition) is 3. The van der Waals surface area contributed by atoms with Crippen LogP contribution in [0.5, 0.6) is 0 Å². The van der Waals surface area contributed by atoms with Crippen LogP contribution in [0.25, 0.3) is 0 Å². The molecule has 0 aliphatic heterocycles. The molecule has 0 unspecified atom stereocenters. The van der Waals surface area contributed by atoms with Crippen LogP contribution in [0.1, 0.15) is 11.1 Å². The van der Waals surface area contributed by atoms with Crippen LogP contribution < -0.4 is 0 Å². The van der Waals surface area contributed by atoms with E-state index in [0.717, 1.165) is 11.1 Å². The van der Waals surface area contributed by atoms with E-state index in [1.54, 1.807) is 12.1 Å². The first-order valence-corrected chi connectivity index (χ1v) is 4.63. The zero-order chi connectivity index (χ0) is 9.84. The summed E-state index contributed by atoms with van der Waals surface area (Å²) in [5, 5.41) is 10.6. The van der Waals surface area contributed by atoms with Crippen molar-refractivity contribution >= 4 is 18.3 Å². The molecule has 1 rings (SSSR count). The number of nitro benzene ring substituents is 1. The standard InChI is InChI=1S/C9H11NO2S/c1-7-2-3-9(10(11)12)8(6-7)4-5-13/h2-3,6,13H,4-5H2,1H3. The topological polar surface area (TPSA) is 43.1 Å². The van der Waals surface area contributed by atoms with Gasteiger partial charge in [-0.25, -0.2) is 0 Å². The summed E-state index contributed by atoms with van der Waals surface area (Å²) in [5.41, 5.74) is 2.00. The maximum absolute atomic E-state index is 10.6. The lowest BCUT2D eigenvalue weighted by Crippen LogP contribution is -1.96. The van der Waals surface area contributed by atoms with Crippen LogP contribution in [0.15, 0.2) is 18.2 Å². The molecule has 0 spiro atoms. The average Bonchev–Trinajstić information content (AvgIpc) is 2.04. The highest BCUT2D eigenvalue weighted by Gasteiger charge is 2.11. The molecule has 0 atom stereocenters. The SMILES string of the molecule is Cc1ccc([N+](=O)[O-])c(CCS)c1. The van der Waals surface area contributed by atoms with E-state index in [1.807, 2.05) is 13.0 Å². The van der Waals surface area contributed by atoms with Gasteiger partial charge in [-0.1, -0.05) is 11.6 Å². The molecular formula is C9H11NO2S. The molecule has 0 heterocycles. The van der Waals surface area contributed by atoms with Gasteiger partial charge in [0, 0.05) is 11.6 Å². The third-order valence-corrected chi connectivity index (χ3v) is 2.04. The molecule has 1 aromatic rings. The van der Waals surface area contributed by atoms with Crippen molar-refractivity contribution < 1.29 is 4.92 Å². The van der Waals surface area contributed by atoms with Crippen molar-refractivity contribution in [3.8, 4) is 0 Å². The van der Waals surface area contributed by atoms with Crippen molar-refractivity contribution in [1.29, 1.82) is 0 Å². The van der Waals surface area contributed by atoms with Crippen molar-refractivity contribution in [2.75, 3.05) is 5.75 Å². The fraction of sp³-hybridized carbons (Fsp3) is 0.333. The number of benzene rings is 1. The Bertz CT molecular complexity index is 325. The Labute approximate surface area is 82.3 Å². The van der Waals surface area contributed by atoms with E-state index in [4.69, 9.17) is 0 Å². The maximum Gasteiger partial charge on any atom is 0.272 e. The molecule has 70 valence electrons. The second-order valence-corrected chi connectivity index (χ2v) is 3.31. The molecule has 1 aromatic carbocycles. The lowest BCUT2D eigenvalue weighted by atomic mass is 10.1. The minimum atomic E-state index is -0.349. The molecule has 0 saturated heterocycles. The van der Waals surface area contributed by atoms with Gasteiger partial charge in [0.05, 0.1) is 4.92 Å². The number of nitro groups is 1. The molecule has 0 aliphatic rings. The molecule has 0 radical (unpaired) electrons. The van der Waals surface area contributed by atoms with Crippen LogP contribution in [-0.2, 0) is 6.42 Å². The second-order valence-electron chi connectivity index (χ2n) is 2.86. The summed E-state index contributed by atoms with van der Waals surface area (Å²) in [6.07, 6.45) is 0.640. The summed E-state index contributed by atoms with van der Waals surface area (Å²) in [5.74, 6) is 0.629. The summed E-state index contributed by atoms with van der Waals surface area (Å²) in [7, 11) is 0. The lowest BCUT2D eigenvalue weighted by molar-refractivity contribution is -0.385. The van der Waals surface area contributed by atoms with E-state index in [-0.39, 0.29) is 10.6 Å². The predicted molar refractivity (Wildman–Crippen MR) is 55.4 cm³/mol. The van der Waals surface area contributed by atoms with E-state index < -0.39 is 0 Å². The van der Waals surface area contributed by atoms with Gasteiger partial charge in [-0.15, -0.1) is 0 Å². The molecule has 0 aromatic heterocycles. The summed E-state index contributed by atoms with van der Waals surface area (Å²) in [6, 6.07) is 5.14. The fourth-order valence-electron chi connectivity index (χ4n) is 1.21. The van der Waals surface area contributed by atoms with E-state index in [0.29, 0.717) is 12.2 Å². The molecule has 0 N–H and O–H groups in total. The maximum atomic E-state index is 10.6. The summed E-state index contributed by atoms with van der Waals surface area (Å²) in [4.78, 5) is 10.2. The third-order valence-electron chi connectivity index (χ3n) is 1.81. The normalized spacial score (nSPS) is 10.0. The van der Waals surface area contributed by atoms with Crippen molar-refractivity contribution in [2.45, 2.75) is 13.3 Å². The van der Waals surface area contributed by atoms with Gasteiger partial charge in [0.1, 0.15) is 0 Å². The second kappa shape index (κ2) is 4.28. The number of rotatable bonds is 3. The van der Waals surface area contributed by atoms with Gasteiger partial charge in [0.15, 0.2) is 0 Å². The van der Waals surface area contributed by atoms with Crippen LogP contribution in [0.2, 0.25) is 0 Å². The zero-order valence-corrected chi connectivity index (χ0v) is 8.25. The highest BCUT2D eigenvalue weighted by molar-refractivity contribution is 7.80. The Balaban J connectivity index is 3.10. The largest absolute Gasteiger partial charge is 0.272 e. The molecule has 0 aliphatic carbocycles. The molecule has 0 bridgehead atoms. The van der Waals surface area contributed by atoms with Gasteiger partial charge in [0.2, 0.25) is 0 Å². The van der Waals surface area contributed by atoms with E-state index in [9.17, 15) is 10.1 Å². The van der Waals surface area contributed by atoms with Gasteiger partial charge in [0.25, 0.3) is 5.69 Å². The lowest BCUT2D eigenvalue weighted by Gasteiger charge is -2.01. The quantitative estimate of drug-likeness (QED) is 0.459. The van der Waals surface area contributed by atoms with Crippen LogP contribution in [0.4, 0.5) is 5.69 Å². The minimum Gasteiger partial charge on any atom is -0.258 e. The van der Waals surface area contributed by atoms with E-state index in [2.05, 4.69) is 12.6 Å². The Morgan fingerprint density at radius 2 is 2.23 bits per heavy atom. The Morgan fingerprint density at radius 1 is 1.54 bits per heavy atom. The first-order chi connectivity index (χ1) is 6.15. The summed E-state index contributed by atoms with van der Waals surface area (Å²) in [6.45, 7) is 1.92. The smallest absolute Gasteiger partial charge is 0.258 e. The summed E-state index contributed by atoms with van der Waals surface area (Å²) >= 11 is 4.06. The highest BCUT2D eigenvalue weighted by atomic mass is 32.1. The first kappa shape index (κ1) is 10.1. The fourth-order valence-corrected chi connectivity index (χ4v) is 1.45. The zero-order valence-electron chi connectivity index (χ0n) is 7.36. The number of thiol groups is 1. The van der Waals surface area contributed by atoms with Gasteiger partial charge >= 0.3 is 0 Å². The molecule has 3 nitrogen and oxygen atoms in total. The molecule has 13 heavy (non-hydrogen) atoms.